The zero-order chi connectivity index (χ0) is 31.6. The molecule has 6 heterocycles. The van der Waals surface area contributed by atoms with E-state index in [0.717, 1.165) is 41.6 Å². The smallest absolute Gasteiger partial charge is 0.238 e. The van der Waals surface area contributed by atoms with E-state index in [2.05, 4.69) is 40.3 Å². The Morgan fingerprint density at radius 1 is 1.02 bits per heavy atom. The van der Waals surface area contributed by atoms with Crippen LogP contribution in [0.1, 0.15) is 12.8 Å². The molecule has 1 aliphatic heterocycles. The van der Waals surface area contributed by atoms with Gasteiger partial charge in [0.25, 0.3) is 0 Å². The maximum Gasteiger partial charge on any atom is 0.238 e. The highest BCUT2D eigenvalue weighted by Gasteiger charge is 2.18. The van der Waals surface area contributed by atoms with Crippen LogP contribution in [0, 0.1) is 5.82 Å². The first-order valence-electron chi connectivity index (χ1n) is 15.1. The predicted molar refractivity (Wildman–Crippen MR) is 174 cm³/mol. The van der Waals surface area contributed by atoms with Gasteiger partial charge in [0, 0.05) is 41.5 Å². The van der Waals surface area contributed by atoms with Crippen molar-refractivity contribution in [2.45, 2.75) is 12.8 Å². The van der Waals surface area contributed by atoms with Gasteiger partial charge in [-0.05, 0) is 70.4 Å². The fourth-order valence-electron chi connectivity index (χ4n) is 5.73. The summed E-state index contributed by atoms with van der Waals surface area (Å²) in [5.74, 6) is 0.437. The third-order valence-electron chi connectivity index (χ3n) is 7.87. The minimum Gasteiger partial charge on any atom is -0.492 e. The van der Waals surface area contributed by atoms with E-state index in [9.17, 15) is 9.18 Å². The highest BCUT2D eigenvalue weighted by molar-refractivity contribution is 5.97. The number of aromatic nitrogens is 7. The van der Waals surface area contributed by atoms with Crippen LogP contribution in [0.3, 0.4) is 0 Å². The maximum absolute atomic E-state index is 14.8. The number of likely N-dealkylation sites (N-methyl/N-ethyl adjacent to an activating group) is 1. The highest BCUT2D eigenvalue weighted by atomic mass is 19.1. The van der Waals surface area contributed by atoms with Crippen molar-refractivity contribution < 1.29 is 13.9 Å². The van der Waals surface area contributed by atoms with Crippen molar-refractivity contribution in [2.24, 2.45) is 0 Å². The molecule has 5 aromatic heterocycles. The van der Waals surface area contributed by atoms with Gasteiger partial charge in [0.1, 0.15) is 29.4 Å². The Kier molecular flexibility index (Phi) is 8.07. The Hall–Kier alpha value is -5.27. The van der Waals surface area contributed by atoms with E-state index in [-0.39, 0.29) is 12.5 Å². The monoisotopic (exact) mass is 620 g/mol. The molecular formula is C33H33FN10O2. The molecule has 1 amide bonds. The van der Waals surface area contributed by atoms with Crippen molar-refractivity contribution in [1.29, 1.82) is 0 Å². The molecule has 1 aliphatic rings. The summed E-state index contributed by atoms with van der Waals surface area (Å²) in [6, 6.07) is 10.2. The van der Waals surface area contributed by atoms with Gasteiger partial charge in [0.15, 0.2) is 5.82 Å². The predicted octanol–water partition coefficient (Wildman–Crippen LogP) is 4.74. The van der Waals surface area contributed by atoms with Crippen LogP contribution in [-0.2, 0) is 4.79 Å². The molecule has 234 valence electrons. The van der Waals surface area contributed by atoms with Crippen LogP contribution in [0.15, 0.2) is 61.2 Å². The minimum absolute atomic E-state index is 0.136. The van der Waals surface area contributed by atoms with Crippen molar-refractivity contribution in [2.75, 3.05) is 52.2 Å². The number of aromatic amines is 2. The summed E-state index contributed by atoms with van der Waals surface area (Å²) in [5, 5.41) is 11.2. The maximum atomic E-state index is 14.8. The number of hydrogen-bond acceptors (Lipinski definition) is 9. The van der Waals surface area contributed by atoms with Crippen LogP contribution in [0.25, 0.3) is 56.0 Å². The van der Waals surface area contributed by atoms with Crippen LogP contribution in [0.4, 0.5) is 10.1 Å². The van der Waals surface area contributed by atoms with Gasteiger partial charge in [-0.2, -0.15) is 5.10 Å². The molecular weight excluding hydrogens is 587 g/mol. The number of rotatable bonds is 10. The number of carbonyl (C=O) groups excluding carboxylic acids is 1. The molecule has 6 aromatic rings. The second-order valence-corrected chi connectivity index (χ2v) is 11.6. The first-order valence-corrected chi connectivity index (χ1v) is 15.1. The lowest BCUT2D eigenvalue weighted by atomic mass is 10.1. The molecule has 0 spiro atoms. The summed E-state index contributed by atoms with van der Waals surface area (Å²) < 4.78 is 20.7. The van der Waals surface area contributed by atoms with Crippen molar-refractivity contribution in [3.63, 3.8) is 0 Å². The fraction of sp³-hybridized carbons (Fsp3) is 0.273. The fourth-order valence-corrected chi connectivity index (χ4v) is 5.73. The van der Waals surface area contributed by atoms with E-state index < -0.39 is 5.82 Å². The summed E-state index contributed by atoms with van der Waals surface area (Å²) in [7, 11) is 3.67. The number of carbonyl (C=O) groups is 1. The van der Waals surface area contributed by atoms with Crippen LogP contribution < -0.4 is 10.1 Å². The number of benzene rings is 1. The summed E-state index contributed by atoms with van der Waals surface area (Å²) in [4.78, 5) is 38.1. The third kappa shape index (κ3) is 6.28. The highest BCUT2D eigenvalue weighted by Crippen LogP contribution is 2.33. The number of halogens is 1. The molecule has 0 radical (unpaired) electrons. The summed E-state index contributed by atoms with van der Waals surface area (Å²) in [5.41, 5.74) is 5.70. The molecule has 7 rings (SSSR count). The molecule has 0 bridgehead atoms. The Bertz CT molecular complexity index is 2030. The number of fused-ring (bicyclic) bond motifs is 2. The van der Waals surface area contributed by atoms with Gasteiger partial charge < -0.3 is 19.9 Å². The summed E-state index contributed by atoms with van der Waals surface area (Å²) in [6.45, 7) is 3.72. The summed E-state index contributed by atoms with van der Waals surface area (Å²) in [6.07, 6.45) is 9.08. The topological polar surface area (TPSA) is 141 Å². The number of anilines is 1. The number of imidazole rings is 1. The molecule has 0 saturated carbocycles. The van der Waals surface area contributed by atoms with E-state index >= 15 is 0 Å². The number of hydrogen-bond donors (Lipinski definition) is 3. The number of nitrogens with zero attached hydrogens (tertiary/aromatic N) is 7. The number of H-pyrrole nitrogens is 2. The number of likely N-dealkylation sites (tertiary alicyclic amines) is 1. The number of ether oxygens (including phenoxy) is 1. The molecule has 1 fully saturated rings. The second kappa shape index (κ2) is 12.6. The molecule has 0 aliphatic carbocycles. The first kappa shape index (κ1) is 29.4. The Balaban J connectivity index is 1.18. The van der Waals surface area contributed by atoms with Gasteiger partial charge in [-0.25, -0.2) is 9.37 Å². The number of pyridine rings is 3. The van der Waals surface area contributed by atoms with Gasteiger partial charge in [-0.15, -0.1) is 0 Å². The third-order valence-corrected chi connectivity index (χ3v) is 7.87. The number of nitrogens with one attached hydrogen (secondary N) is 3. The SMILES string of the molecule is CN(C)CC(=O)Nc1cncc(-c2cc3c(-c4nc5c(-c6cc(F)cc(OCCN7CCCC7)c6)nccc5[nH]4)n[nH]c3cn2)c1. The molecule has 0 atom stereocenters. The van der Waals surface area contributed by atoms with Gasteiger partial charge in [0.05, 0.1) is 47.0 Å². The van der Waals surface area contributed by atoms with Gasteiger partial charge >= 0.3 is 0 Å². The first-order chi connectivity index (χ1) is 22.4. The average molecular weight is 621 g/mol. The molecule has 0 unspecified atom stereocenters. The van der Waals surface area contributed by atoms with Crippen LogP contribution in [-0.4, -0.2) is 97.7 Å². The van der Waals surface area contributed by atoms with E-state index in [1.165, 1.54) is 25.0 Å². The lowest BCUT2D eigenvalue weighted by Crippen LogP contribution is -2.27. The van der Waals surface area contributed by atoms with Gasteiger partial charge in [0.2, 0.25) is 5.91 Å². The van der Waals surface area contributed by atoms with E-state index in [1.54, 1.807) is 35.8 Å². The molecule has 12 nitrogen and oxygen atoms in total. The lowest BCUT2D eigenvalue weighted by Gasteiger charge is -2.15. The molecule has 3 N–H and O–H groups in total. The minimum atomic E-state index is -0.405. The second-order valence-electron chi connectivity index (χ2n) is 11.6. The van der Waals surface area contributed by atoms with Crippen molar-refractivity contribution in [1.82, 2.24) is 44.9 Å². The van der Waals surface area contributed by atoms with E-state index in [1.807, 2.05) is 32.3 Å². The van der Waals surface area contributed by atoms with Crippen molar-refractivity contribution >= 4 is 33.5 Å². The molecule has 46 heavy (non-hydrogen) atoms. The quantitative estimate of drug-likeness (QED) is 0.198. The Morgan fingerprint density at radius 3 is 2.74 bits per heavy atom. The Morgan fingerprint density at radius 2 is 1.89 bits per heavy atom. The summed E-state index contributed by atoms with van der Waals surface area (Å²) >= 11 is 0. The van der Waals surface area contributed by atoms with Crippen LogP contribution in [0.2, 0.25) is 0 Å². The number of amides is 1. The zero-order valence-electron chi connectivity index (χ0n) is 25.5. The van der Waals surface area contributed by atoms with Gasteiger partial charge in [-0.3, -0.25) is 29.7 Å². The van der Waals surface area contributed by atoms with Crippen LogP contribution in [0.5, 0.6) is 5.75 Å². The zero-order valence-corrected chi connectivity index (χ0v) is 25.5. The molecule has 13 heteroatoms. The standard InChI is InChI=1S/C33H33FN10O2/c1-43(2)19-29(45)38-23-12-21(16-35-17-23)27-15-25-28(18-37-27)41-42-31(25)33-39-26-5-6-36-30(32(26)40-33)20-11-22(34)14-24(13-20)46-10-9-44-7-3-4-8-44/h5-6,11-18H,3-4,7-10,19H2,1-2H3,(H,38,45)(H,39,40)(H,41,42). The van der Waals surface area contributed by atoms with Gasteiger partial charge in [-0.1, -0.05) is 0 Å². The molecule has 1 aromatic carbocycles. The normalized spacial score (nSPS) is 13.7. The van der Waals surface area contributed by atoms with Crippen LogP contribution >= 0.6 is 0 Å². The van der Waals surface area contributed by atoms with Crippen molar-refractivity contribution in [3.8, 4) is 39.8 Å². The van der Waals surface area contributed by atoms with E-state index in [0.29, 0.717) is 52.0 Å². The van der Waals surface area contributed by atoms with Crippen molar-refractivity contribution in [3.05, 3.63) is 67.0 Å². The largest absolute Gasteiger partial charge is 0.492 e. The van der Waals surface area contributed by atoms with E-state index in [4.69, 9.17) is 9.72 Å². The lowest BCUT2D eigenvalue weighted by molar-refractivity contribution is -0.116. The Labute approximate surface area is 264 Å². The molecule has 1 saturated heterocycles. The average Bonchev–Trinajstić information content (AvgIpc) is 3.80.